The number of ether oxygens (including phenoxy) is 2. The average Bonchev–Trinajstić information content (AvgIpc) is 2.08. The molecule has 1 fully saturated rings. The van der Waals surface area contributed by atoms with Gasteiger partial charge < -0.3 is 19.4 Å². The summed E-state index contributed by atoms with van der Waals surface area (Å²) >= 11 is 0. The molecule has 0 aromatic carbocycles. The summed E-state index contributed by atoms with van der Waals surface area (Å²) < 4.78 is 10.8. The SMILES string of the molecule is CC1(C)OC[C@@H](CC=O)[C@@H](CO)O1. The Morgan fingerprint density at radius 3 is 2.85 bits per heavy atom. The maximum atomic E-state index is 10.3. The van der Waals surface area contributed by atoms with Crippen LogP contribution >= 0.6 is 0 Å². The summed E-state index contributed by atoms with van der Waals surface area (Å²) in [6.45, 7) is 4.00. The summed E-state index contributed by atoms with van der Waals surface area (Å²) in [4.78, 5) is 10.3. The van der Waals surface area contributed by atoms with Gasteiger partial charge in [0.2, 0.25) is 0 Å². The quantitative estimate of drug-likeness (QED) is 0.649. The van der Waals surface area contributed by atoms with Crippen LogP contribution in [0.1, 0.15) is 20.3 Å². The molecule has 13 heavy (non-hydrogen) atoms. The van der Waals surface area contributed by atoms with Gasteiger partial charge in [0.05, 0.1) is 19.3 Å². The predicted molar refractivity (Wildman–Crippen MR) is 46.2 cm³/mol. The number of carbonyl (C=O) groups excluding carboxylic acids is 1. The molecule has 0 aliphatic carbocycles. The van der Waals surface area contributed by atoms with E-state index in [0.29, 0.717) is 13.0 Å². The van der Waals surface area contributed by atoms with Crippen molar-refractivity contribution in [2.45, 2.75) is 32.2 Å². The van der Waals surface area contributed by atoms with E-state index in [0.717, 1.165) is 6.29 Å². The summed E-state index contributed by atoms with van der Waals surface area (Å²) in [7, 11) is 0. The fourth-order valence-electron chi connectivity index (χ4n) is 1.44. The number of aldehydes is 1. The van der Waals surface area contributed by atoms with Crippen LogP contribution in [0.2, 0.25) is 0 Å². The maximum Gasteiger partial charge on any atom is 0.163 e. The van der Waals surface area contributed by atoms with Gasteiger partial charge in [0.25, 0.3) is 0 Å². The molecule has 4 nitrogen and oxygen atoms in total. The van der Waals surface area contributed by atoms with Crippen molar-refractivity contribution in [3.63, 3.8) is 0 Å². The first-order valence-electron chi connectivity index (χ1n) is 4.45. The van der Waals surface area contributed by atoms with Gasteiger partial charge in [-0.05, 0) is 13.8 Å². The minimum Gasteiger partial charge on any atom is -0.394 e. The molecule has 0 spiro atoms. The van der Waals surface area contributed by atoms with Crippen molar-refractivity contribution in [2.75, 3.05) is 13.2 Å². The molecule has 0 aromatic heterocycles. The fourth-order valence-corrected chi connectivity index (χ4v) is 1.44. The largest absolute Gasteiger partial charge is 0.394 e. The fraction of sp³-hybridized carbons (Fsp3) is 0.889. The summed E-state index contributed by atoms with van der Waals surface area (Å²) in [6, 6.07) is 0. The summed E-state index contributed by atoms with van der Waals surface area (Å²) in [6.07, 6.45) is 0.925. The standard InChI is InChI=1S/C9H16O4/c1-9(2)12-6-7(3-4-10)8(5-11)13-9/h4,7-8,11H,3,5-6H2,1-2H3/t7-,8-/m1/s1. The van der Waals surface area contributed by atoms with Crippen molar-refractivity contribution in [2.24, 2.45) is 5.92 Å². The number of hydrogen-bond acceptors (Lipinski definition) is 4. The first-order chi connectivity index (χ1) is 6.09. The third kappa shape index (κ3) is 2.76. The van der Waals surface area contributed by atoms with E-state index >= 15 is 0 Å². The highest BCUT2D eigenvalue weighted by molar-refractivity contribution is 5.49. The van der Waals surface area contributed by atoms with E-state index in [1.165, 1.54) is 0 Å². The molecule has 0 bridgehead atoms. The number of carbonyl (C=O) groups is 1. The van der Waals surface area contributed by atoms with Crippen molar-refractivity contribution in [1.29, 1.82) is 0 Å². The molecule has 0 aromatic rings. The topological polar surface area (TPSA) is 55.8 Å². The molecule has 1 N–H and O–H groups in total. The summed E-state index contributed by atoms with van der Waals surface area (Å²) in [5.74, 6) is -0.664. The molecule has 1 saturated heterocycles. The zero-order valence-electron chi connectivity index (χ0n) is 8.03. The van der Waals surface area contributed by atoms with E-state index in [2.05, 4.69) is 0 Å². The smallest absolute Gasteiger partial charge is 0.163 e. The van der Waals surface area contributed by atoms with Gasteiger partial charge in [-0.2, -0.15) is 0 Å². The Morgan fingerprint density at radius 1 is 1.62 bits per heavy atom. The molecular formula is C9H16O4. The Kier molecular flexibility index (Phi) is 3.41. The van der Waals surface area contributed by atoms with Crippen LogP contribution in [0.5, 0.6) is 0 Å². The lowest BCUT2D eigenvalue weighted by Gasteiger charge is -2.39. The third-order valence-electron chi connectivity index (χ3n) is 2.18. The van der Waals surface area contributed by atoms with Crippen LogP contribution in [-0.4, -0.2) is 36.5 Å². The molecule has 0 saturated carbocycles. The van der Waals surface area contributed by atoms with Gasteiger partial charge in [0, 0.05) is 12.3 Å². The third-order valence-corrected chi connectivity index (χ3v) is 2.18. The van der Waals surface area contributed by atoms with Crippen LogP contribution in [-0.2, 0) is 14.3 Å². The number of hydrogen-bond donors (Lipinski definition) is 1. The van der Waals surface area contributed by atoms with Crippen LogP contribution in [0.4, 0.5) is 0 Å². The normalized spacial score (nSPS) is 32.8. The molecule has 4 heteroatoms. The number of aliphatic hydroxyl groups is 1. The number of rotatable bonds is 3. The minimum atomic E-state index is -0.646. The highest BCUT2D eigenvalue weighted by atomic mass is 16.7. The molecule has 1 aliphatic rings. The van der Waals surface area contributed by atoms with Crippen molar-refractivity contribution in [3.05, 3.63) is 0 Å². The van der Waals surface area contributed by atoms with Crippen molar-refractivity contribution < 1.29 is 19.4 Å². The van der Waals surface area contributed by atoms with Gasteiger partial charge in [-0.1, -0.05) is 0 Å². The summed E-state index contributed by atoms with van der Waals surface area (Å²) in [5.41, 5.74) is 0. The lowest BCUT2D eigenvalue weighted by atomic mass is 9.99. The second-order valence-electron chi connectivity index (χ2n) is 3.71. The van der Waals surface area contributed by atoms with Gasteiger partial charge in [0.1, 0.15) is 6.29 Å². The monoisotopic (exact) mass is 188 g/mol. The van der Waals surface area contributed by atoms with Crippen molar-refractivity contribution in [1.82, 2.24) is 0 Å². The molecule has 0 amide bonds. The first kappa shape index (κ1) is 10.6. The van der Waals surface area contributed by atoms with Crippen LogP contribution in [0, 0.1) is 5.92 Å². The maximum absolute atomic E-state index is 10.3. The highest BCUT2D eigenvalue weighted by Gasteiger charge is 2.35. The Hall–Kier alpha value is -0.450. The Morgan fingerprint density at radius 2 is 2.31 bits per heavy atom. The van der Waals surface area contributed by atoms with Gasteiger partial charge in [0.15, 0.2) is 5.79 Å². The molecule has 0 radical (unpaired) electrons. The molecule has 2 atom stereocenters. The van der Waals surface area contributed by atoms with Crippen LogP contribution in [0.15, 0.2) is 0 Å². The second-order valence-corrected chi connectivity index (χ2v) is 3.71. The Balaban J connectivity index is 2.55. The van der Waals surface area contributed by atoms with E-state index in [4.69, 9.17) is 14.6 Å². The van der Waals surface area contributed by atoms with Crippen LogP contribution in [0.3, 0.4) is 0 Å². The van der Waals surface area contributed by atoms with E-state index in [9.17, 15) is 4.79 Å². The molecule has 0 unspecified atom stereocenters. The molecule has 1 aliphatic heterocycles. The second kappa shape index (κ2) is 4.17. The van der Waals surface area contributed by atoms with E-state index in [1.807, 2.05) is 0 Å². The lowest BCUT2D eigenvalue weighted by molar-refractivity contribution is -0.297. The number of aliphatic hydroxyl groups excluding tert-OH is 1. The molecule has 1 rings (SSSR count). The van der Waals surface area contributed by atoms with E-state index in [-0.39, 0.29) is 18.6 Å². The zero-order valence-corrected chi connectivity index (χ0v) is 8.03. The van der Waals surface area contributed by atoms with Crippen molar-refractivity contribution in [3.8, 4) is 0 Å². The van der Waals surface area contributed by atoms with Crippen LogP contribution < -0.4 is 0 Å². The van der Waals surface area contributed by atoms with Gasteiger partial charge in [-0.25, -0.2) is 0 Å². The highest BCUT2D eigenvalue weighted by Crippen LogP contribution is 2.27. The zero-order chi connectivity index (χ0) is 9.90. The first-order valence-corrected chi connectivity index (χ1v) is 4.45. The van der Waals surface area contributed by atoms with Gasteiger partial charge in [-0.15, -0.1) is 0 Å². The van der Waals surface area contributed by atoms with Crippen LogP contribution in [0.25, 0.3) is 0 Å². The Labute approximate surface area is 77.8 Å². The van der Waals surface area contributed by atoms with Gasteiger partial charge >= 0.3 is 0 Å². The lowest BCUT2D eigenvalue weighted by Crippen LogP contribution is -2.47. The Bertz CT molecular complexity index is 178. The van der Waals surface area contributed by atoms with Gasteiger partial charge in [-0.3, -0.25) is 0 Å². The van der Waals surface area contributed by atoms with E-state index < -0.39 is 5.79 Å². The molecule has 1 heterocycles. The van der Waals surface area contributed by atoms with Crippen molar-refractivity contribution >= 4 is 6.29 Å². The molecular weight excluding hydrogens is 172 g/mol. The summed E-state index contributed by atoms with van der Waals surface area (Å²) in [5, 5.41) is 9.02. The minimum absolute atomic E-state index is 0.0180. The predicted octanol–water partition coefficient (Wildman–Crippen LogP) is 0.335. The molecule has 76 valence electrons. The van der Waals surface area contributed by atoms with E-state index in [1.54, 1.807) is 13.8 Å². The average molecular weight is 188 g/mol.